The van der Waals surface area contributed by atoms with Crippen molar-refractivity contribution >= 4 is 11.8 Å². The maximum absolute atomic E-state index is 10.1. The first-order valence-electron chi connectivity index (χ1n) is 4.24. The average molecular weight is 189 g/mol. The monoisotopic (exact) mass is 189 g/mol. The van der Waals surface area contributed by atoms with E-state index in [2.05, 4.69) is 4.99 Å². The third-order valence-corrected chi connectivity index (χ3v) is 1.61. The molecule has 3 nitrogen and oxygen atoms in total. The van der Waals surface area contributed by atoms with Crippen LogP contribution in [0.25, 0.3) is 0 Å². The number of nitrogens with zero attached hydrogens (tertiary/aromatic N) is 1. The van der Waals surface area contributed by atoms with Crippen LogP contribution in [0.1, 0.15) is 12.5 Å². The molecule has 0 saturated carbocycles. The number of hydrogen-bond donors (Lipinski definition) is 0. The number of carbonyl (C=O) groups excluding carboxylic acids is 1. The van der Waals surface area contributed by atoms with Crippen molar-refractivity contribution in [2.75, 3.05) is 0 Å². The molecule has 1 rings (SSSR count). The highest BCUT2D eigenvalue weighted by Crippen LogP contribution is 2.28. The van der Waals surface area contributed by atoms with Crippen LogP contribution in [0.4, 0.5) is 5.69 Å². The van der Waals surface area contributed by atoms with E-state index in [1.807, 2.05) is 26.0 Å². The lowest BCUT2D eigenvalue weighted by molar-refractivity contribution is 0.481. The van der Waals surface area contributed by atoms with Crippen molar-refractivity contribution in [2.45, 2.75) is 13.8 Å². The molecule has 0 N–H and O–H groups in total. The first-order chi connectivity index (χ1) is 6.77. The van der Waals surface area contributed by atoms with E-state index in [4.69, 9.17) is 4.74 Å². The van der Waals surface area contributed by atoms with Gasteiger partial charge in [0.05, 0.1) is 6.26 Å². The van der Waals surface area contributed by atoms with Crippen LogP contribution in [0.5, 0.6) is 5.75 Å². The van der Waals surface area contributed by atoms with Gasteiger partial charge in [0.25, 0.3) is 0 Å². The zero-order valence-corrected chi connectivity index (χ0v) is 8.15. The predicted molar refractivity (Wildman–Crippen MR) is 54.4 cm³/mol. The first-order valence-corrected chi connectivity index (χ1v) is 4.24. The Bertz CT molecular complexity index is 390. The number of isocyanates is 1. The van der Waals surface area contributed by atoms with Crippen LogP contribution in [0.3, 0.4) is 0 Å². The van der Waals surface area contributed by atoms with Crippen LogP contribution in [0, 0.1) is 6.92 Å². The maximum atomic E-state index is 10.1. The van der Waals surface area contributed by atoms with Crippen LogP contribution in [-0.4, -0.2) is 6.08 Å². The fourth-order valence-corrected chi connectivity index (χ4v) is 0.999. The molecule has 0 amide bonds. The van der Waals surface area contributed by atoms with Crippen LogP contribution >= 0.6 is 0 Å². The van der Waals surface area contributed by atoms with Crippen molar-refractivity contribution < 1.29 is 9.53 Å². The molecule has 0 saturated heterocycles. The second kappa shape index (κ2) is 5.00. The van der Waals surface area contributed by atoms with Crippen molar-refractivity contribution in [1.29, 1.82) is 0 Å². The van der Waals surface area contributed by atoms with Gasteiger partial charge in [0.1, 0.15) is 5.69 Å². The van der Waals surface area contributed by atoms with Crippen LogP contribution in [0.15, 0.2) is 35.5 Å². The van der Waals surface area contributed by atoms with Gasteiger partial charge in [0, 0.05) is 0 Å². The first kappa shape index (κ1) is 10.2. The third-order valence-electron chi connectivity index (χ3n) is 1.61. The van der Waals surface area contributed by atoms with E-state index in [9.17, 15) is 4.79 Å². The van der Waals surface area contributed by atoms with Gasteiger partial charge in [-0.3, -0.25) is 0 Å². The van der Waals surface area contributed by atoms with Crippen LogP contribution in [-0.2, 0) is 4.79 Å². The molecule has 0 aliphatic rings. The summed E-state index contributed by atoms with van der Waals surface area (Å²) in [6, 6.07) is 5.40. The normalized spacial score (nSPS) is 9.86. The Morgan fingerprint density at radius 1 is 1.50 bits per heavy atom. The number of aliphatic imine (C=N–C) groups is 1. The summed E-state index contributed by atoms with van der Waals surface area (Å²) in [5, 5.41) is 0. The molecule has 0 atom stereocenters. The predicted octanol–water partition coefficient (Wildman–Crippen LogP) is 2.87. The molecule has 14 heavy (non-hydrogen) atoms. The Hall–Kier alpha value is -1.86. The summed E-state index contributed by atoms with van der Waals surface area (Å²) in [6.45, 7) is 3.79. The fraction of sp³-hybridized carbons (Fsp3) is 0.182. The molecule has 1 aromatic carbocycles. The van der Waals surface area contributed by atoms with E-state index < -0.39 is 0 Å². The standard InChI is InChI=1S/C11H11NO2/c1-3-6-14-11-7-9(2)4-5-10(11)12-8-13/h3-7H,1-2H3. The number of rotatable bonds is 3. The Balaban J connectivity index is 3.08. The summed E-state index contributed by atoms with van der Waals surface area (Å²) >= 11 is 0. The van der Waals surface area contributed by atoms with Gasteiger partial charge < -0.3 is 4.74 Å². The molecule has 0 radical (unpaired) electrons. The minimum atomic E-state index is 0.490. The van der Waals surface area contributed by atoms with Crippen molar-refractivity contribution in [3.8, 4) is 5.75 Å². The summed E-state index contributed by atoms with van der Waals surface area (Å²) < 4.78 is 5.27. The lowest BCUT2D eigenvalue weighted by Crippen LogP contribution is -1.83. The third kappa shape index (κ3) is 2.57. The molecule has 1 aromatic rings. The molecule has 0 aliphatic carbocycles. The fourth-order valence-electron chi connectivity index (χ4n) is 0.999. The average Bonchev–Trinajstić information content (AvgIpc) is 2.18. The molecular formula is C11H11NO2. The largest absolute Gasteiger partial charge is 0.463 e. The topological polar surface area (TPSA) is 38.7 Å². The Morgan fingerprint density at radius 2 is 2.29 bits per heavy atom. The summed E-state index contributed by atoms with van der Waals surface area (Å²) in [4.78, 5) is 13.7. The highest BCUT2D eigenvalue weighted by atomic mass is 16.5. The summed E-state index contributed by atoms with van der Waals surface area (Å²) in [7, 11) is 0. The van der Waals surface area contributed by atoms with E-state index in [0.29, 0.717) is 11.4 Å². The van der Waals surface area contributed by atoms with Gasteiger partial charge >= 0.3 is 0 Å². The Morgan fingerprint density at radius 3 is 2.93 bits per heavy atom. The van der Waals surface area contributed by atoms with Crippen LogP contribution in [0.2, 0.25) is 0 Å². The maximum Gasteiger partial charge on any atom is 0.240 e. The van der Waals surface area contributed by atoms with Gasteiger partial charge in [-0.15, -0.1) is 0 Å². The van der Waals surface area contributed by atoms with Gasteiger partial charge in [-0.05, 0) is 31.5 Å². The van der Waals surface area contributed by atoms with Crippen molar-refractivity contribution in [1.82, 2.24) is 0 Å². The van der Waals surface area contributed by atoms with E-state index >= 15 is 0 Å². The quantitative estimate of drug-likeness (QED) is 0.416. The van der Waals surface area contributed by atoms with Crippen molar-refractivity contribution in [3.05, 3.63) is 36.1 Å². The minimum Gasteiger partial charge on any atom is -0.463 e. The molecule has 72 valence electrons. The zero-order valence-electron chi connectivity index (χ0n) is 8.15. The number of ether oxygens (including phenoxy) is 1. The molecule has 0 unspecified atom stereocenters. The lowest BCUT2D eigenvalue weighted by Gasteiger charge is -2.03. The van der Waals surface area contributed by atoms with E-state index in [-0.39, 0.29) is 0 Å². The number of hydrogen-bond acceptors (Lipinski definition) is 3. The molecule has 0 aromatic heterocycles. The summed E-state index contributed by atoms with van der Waals surface area (Å²) in [5.74, 6) is 0.562. The van der Waals surface area contributed by atoms with Gasteiger partial charge in [0.2, 0.25) is 6.08 Å². The van der Waals surface area contributed by atoms with E-state index in [0.717, 1.165) is 5.56 Å². The van der Waals surface area contributed by atoms with Gasteiger partial charge in [-0.1, -0.05) is 12.1 Å². The van der Waals surface area contributed by atoms with E-state index in [1.165, 1.54) is 6.08 Å². The molecular weight excluding hydrogens is 178 g/mol. The molecule has 0 bridgehead atoms. The Labute approximate surface area is 82.7 Å². The SMILES string of the molecule is CC=COc1cc(C)ccc1N=C=O. The molecule has 0 spiro atoms. The van der Waals surface area contributed by atoms with Crippen molar-refractivity contribution in [3.63, 3.8) is 0 Å². The molecule has 3 heteroatoms. The van der Waals surface area contributed by atoms with E-state index in [1.54, 1.807) is 18.4 Å². The second-order valence-electron chi connectivity index (χ2n) is 2.76. The molecule has 0 heterocycles. The lowest BCUT2D eigenvalue weighted by atomic mass is 10.2. The minimum absolute atomic E-state index is 0.490. The van der Waals surface area contributed by atoms with Crippen molar-refractivity contribution in [2.24, 2.45) is 4.99 Å². The smallest absolute Gasteiger partial charge is 0.240 e. The number of aryl methyl sites for hydroxylation is 1. The highest BCUT2D eigenvalue weighted by Gasteiger charge is 2.01. The second-order valence-corrected chi connectivity index (χ2v) is 2.76. The molecule has 0 fully saturated rings. The number of allylic oxidation sites excluding steroid dienone is 1. The van der Waals surface area contributed by atoms with Gasteiger partial charge in [0.15, 0.2) is 5.75 Å². The van der Waals surface area contributed by atoms with Gasteiger partial charge in [-0.2, -0.15) is 4.99 Å². The van der Waals surface area contributed by atoms with Gasteiger partial charge in [-0.25, -0.2) is 4.79 Å². The Kier molecular flexibility index (Phi) is 3.65. The summed E-state index contributed by atoms with van der Waals surface area (Å²) in [6.07, 6.45) is 4.79. The summed E-state index contributed by atoms with van der Waals surface area (Å²) in [5.41, 5.74) is 1.54. The van der Waals surface area contributed by atoms with Crippen LogP contribution < -0.4 is 4.74 Å². The molecule has 0 aliphatic heterocycles. The zero-order chi connectivity index (χ0) is 10.4. The highest BCUT2D eigenvalue weighted by molar-refractivity contribution is 5.58. The number of benzene rings is 1.